The van der Waals surface area contributed by atoms with E-state index in [9.17, 15) is 5.11 Å². The van der Waals surface area contributed by atoms with E-state index >= 15 is 0 Å². The molecule has 2 atom stereocenters. The number of aliphatic hydroxyl groups excluding tert-OH is 1. The second-order valence-corrected chi connectivity index (χ2v) is 8.33. The summed E-state index contributed by atoms with van der Waals surface area (Å²) in [6, 6.07) is 9.76. The van der Waals surface area contributed by atoms with Crippen molar-refractivity contribution in [3.63, 3.8) is 0 Å². The number of rotatable bonds is 6. The van der Waals surface area contributed by atoms with Crippen molar-refractivity contribution in [1.82, 2.24) is 5.32 Å². The number of hydrogen-bond donors (Lipinski definition) is 4. The van der Waals surface area contributed by atoms with Crippen LogP contribution in [0.4, 0.5) is 5.69 Å². The SMILES string of the molecule is C[C@@H](O)[C@H](N)CNC1CCC(Nc2ccc(C(C)(C)C)cc2)CC1. The van der Waals surface area contributed by atoms with Crippen molar-refractivity contribution in [1.29, 1.82) is 0 Å². The van der Waals surface area contributed by atoms with E-state index in [1.165, 1.54) is 24.1 Å². The van der Waals surface area contributed by atoms with Crippen molar-refractivity contribution >= 4 is 5.69 Å². The Balaban J connectivity index is 1.75. The molecule has 1 aromatic rings. The van der Waals surface area contributed by atoms with Crippen LogP contribution < -0.4 is 16.4 Å². The zero-order valence-electron chi connectivity index (χ0n) is 15.7. The summed E-state index contributed by atoms with van der Waals surface area (Å²) in [5, 5.41) is 16.6. The molecule has 24 heavy (non-hydrogen) atoms. The van der Waals surface area contributed by atoms with Crippen LogP contribution in [0.1, 0.15) is 58.9 Å². The van der Waals surface area contributed by atoms with Gasteiger partial charge in [-0.2, -0.15) is 0 Å². The van der Waals surface area contributed by atoms with Crippen LogP contribution >= 0.6 is 0 Å². The van der Waals surface area contributed by atoms with Gasteiger partial charge in [0, 0.05) is 30.4 Å². The third-order valence-corrected chi connectivity index (χ3v) is 5.11. The highest BCUT2D eigenvalue weighted by molar-refractivity contribution is 5.46. The van der Waals surface area contributed by atoms with Gasteiger partial charge < -0.3 is 21.5 Å². The van der Waals surface area contributed by atoms with Gasteiger partial charge >= 0.3 is 0 Å². The molecule has 0 spiro atoms. The molecule has 4 nitrogen and oxygen atoms in total. The summed E-state index contributed by atoms with van der Waals surface area (Å²) in [6.07, 6.45) is 4.20. The predicted octanol–water partition coefficient (Wildman–Crippen LogP) is 3.00. The first-order chi connectivity index (χ1) is 11.3. The van der Waals surface area contributed by atoms with E-state index in [0.717, 1.165) is 12.8 Å². The van der Waals surface area contributed by atoms with Crippen LogP contribution in [-0.2, 0) is 5.41 Å². The summed E-state index contributed by atoms with van der Waals surface area (Å²) in [7, 11) is 0. The van der Waals surface area contributed by atoms with Gasteiger partial charge in [-0.3, -0.25) is 0 Å². The Morgan fingerprint density at radius 2 is 1.62 bits per heavy atom. The maximum atomic E-state index is 9.45. The van der Waals surface area contributed by atoms with Crippen LogP contribution in [0.2, 0.25) is 0 Å². The molecular formula is C20H35N3O. The third-order valence-electron chi connectivity index (χ3n) is 5.11. The van der Waals surface area contributed by atoms with E-state index in [1.54, 1.807) is 6.92 Å². The number of nitrogens with two attached hydrogens (primary N) is 1. The monoisotopic (exact) mass is 333 g/mol. The molecule has 1 aliphatic carbocycles. The molecule has 1 aliphatic rings. The largest absolute Gasteiger partial charge is 0.392 e. The van der Waals surface area contributed by atoms with Gasteiger partial charge in [-0.25, -0.2) is 0 Å². The molecule has 0 amide bonds. The number of hydrogen-bond acceptors (Lipinski definition) is 4. The summed E-state index contributed by atoms with van der Waals surface area (Å²) < 4.78 is 0. The molecule has 0 bridgehead atoms. The van der Waals surface area contributed by atoms with Crippen molar-refractivity contribution in [2.45, 2.75) is 83.0 Å². The first-order valence-electron chi connectivity index (χ1n) is 9.30. The molecule has 5 N–H and O–H groups in total. The summed E-state index contributed by atoms with van der Waals surface area (Å²) in [5.41, 5.74) is 8.67. The molecule has 0 aliphatic heterocycles. The van der Waals surface area contributed by atoms with E-state index in [0.29, 0.717) is 18.6 Å². The zero-order valence-corrected chi connectivity index (χ0v) is 15.7. The number of aliphatic hydroxyl groups is 1. The minimum Gasteiger partial charge on any atom is -0.392 e. The second-order valence-electron chi connectivity index (χ2n) is 8.33. The summed E-state index contributed by atoms with van der Waals surface area (Å²) in [5.74, 6) is 0. The van der Waals surface area contributed by atoms with Gasteiger partial charge in [0.25, 0.3) is 0 Å². The summed E-state index contributed by atoms with van der Waals surface area (Å²) in [6.45, 7) is 9.17. The summed E-state index contributed by atoms with van der Waals surface area (Å²) >= 11 is 0. The van der Waals surface area contributed by atoms with E-state index in [2.05, 4.69) is 55.7 Å². The van der Waals surface area contributed by atoms with Crippen LogP contribution in [0.3, 0.4) is 0 Å². The highest BCUT2D eigenvalue weighted by atomic mass is 16.3. The highest BCUT2D eigenvalue weighted by Gasteiger charge is 2.22. The van der Waals surface area contributed by atoms with Crippen LogP contribution in [0, 0.1) is 0 Å². The molecule has 0 aromatic heterocycles. The van der Waals surface area contributed by atoms with Gasteiger partial charge in [0.2, 0.25) is 0 Å². The quantitative estimate of drug-likeness (QED) is 0.646. The maximum Gasteiger partial charge on any atom is 0.0675 e. The van der Waals surface area contributed by atoms with Crippen molar-refractivity contribution in [3.8, 4) is 0 Å². The van der Waals surface area contributed by atoms with Crippen LogP contribution in [-0.4, -0.2) is 35.9 Å². The standard InChI is InChI=1S/C20H35N3O/c1-14(24)19(21)13-22-16-9-11-18(12-10-16)23-17-7-5-15(6-8-17)20(2,3)4/h5-8,14,16,18-19,22-24H,9-13,21H2,1-4H3/t14-,16?,18?,19-/m1/s1. The van der Waals surface area contributed by atoms with Gasteiger partial charge in [-0.05, 0) is 55.7 Å². The van der Waals surface area contributed by atoms with E-state index < -0.39 is 6.10 Å². The Kier molecular flexibility index (Phi) is 6.67. The smallest absolute Gasteiger partial charge is 0.0675 e. The fourth-order valence-electron chi connectivity index (χ4n) is 3.22. The van der Waals surface area contributed by atoms with E-state index in [-0.39, 0.29) is 11.5 Å². The van der Waals surface area contributed by atoms with Crippen LogP contribution in [0.25, 0.3) is 0 Å². The molecular weight excluding hydrogens is 298 g/mol. The van der Waals surface area contributed by atoms with E-state index in [4.69, 9.17) is 5.73 Å². The predicted molar refractivity (Wildman–Crippen MR) is 102 cm³/mol. The number of nitrogens with one attached hydrogen (secondary N) is 2. The fraction of sp³-hybridized carbons (Fsp3) is 0.700. The van der Waals surface area contributed by atoms with Gasteiger partial charge in [-0.1, -0.05) is 32.9 Å². The lowest BCUT2D eigenvalue weighted by atomic mass is 9.87. The molecule has 0 radical (unpaired) electrons. The lowest BCUT2D eigenvalue weighted by Gasteiger charge is -2.31. The molecule has 1 fully saturated rings. The van der Waals surface area contributed by atoms with Crippen LogP contribution in [0.15, 0.2) is 24.3 Å². The molecule has 136 valence electrons. The highest BCUT2D eigenvalue weighted by Crippen LogP contribution is 2.26. The lowest BCUT2D eigenvalue weighted by molar-refractivity contribution is 0.158. The van der Waals surface area contributed by atoms with Crippen molar-refractivity contribution in [2.75, 3.05) is 11.9 Å². The summed E-state index contributed by atoms with van der Waals surface area (Å²) in [4.78, 5) is 0. The first-order valence-corrected chi connectivity index (χ1v) is 9.30. The topological polar surface area (TPSA) is 70.3 Å². The molecule has 4 heteroatoms. The Hall–Kier alpha value is -1.10. The number of benzene rings is 1. The molecule has 2 rings (SSSR count). The molecule has 0 unspecified atom stereocenters. The normalized spacial score (nSPS) is 24.4. The van der Waals surface area contributed by atoms with E-state index in [1.807, 2.05) is 0 Å². The molecule has 1 aromatic carbocycles. The lowest BCUT2D eigenvalue weighted by Crippen LogP contribution is -2.46. The van der Waals surface area contributed by atoms with Gasteiger partial charge in [0.05, 0.1) is 6.10 Å². The third kappa shape index (κ3) is 5.76. The number of anilines is 1. The Morgan fingerprint density at radius 1 is 1.08 bits per heavy atom. The zero-order chi connectivity index (χ0) is 17.7. The van der Waals surface area contributed by atoms with Gasteiger partial charge in [0.1, 0.15) is 0 Å². The molecule has 1 saturated carbocycles. The second kappa shape index (κ2) is 8.32. The average Bonchev–Trinajstić information content (AvgIpc) is 2.53. The van der Waals surface area contributed by atoms with Gasteiger partial charge in [0.15, 0.2) is 0 Å². The molecule has 0 saturated heterocycles. The van der Waals surface area contributed by atoms with Gasteiger partial charge in [-0.15, -0.1) is 0 Å². The van der Waals surface area contributed by atoms with Crippen LogP contribution in [0.5, 0.6) is 0 Å². The minimum atomic E-state index is -0.452. The maximum absolute atomic E-state index is 9.45. The minimum absolute atomic E-state index is 0.179. The van der Waals surface area contributed by atoms with Crippen molar-refractivity contribution in [2.24, 2.45) is 5.73 Å². The van der Waals surface area contributed by atoms with Crippen molar-refractivity contribution in [3.05, 3.63) is 29.8 Å². The Morgan fingerprint density at radius 3 is 2.12 bits per heavy atom. The average molecular weight is 334 g/mol. The Labute approximate surface area is 147 Å². The molecule has 0 heterocycles. The van der Waals surface area contributed by atoms with Crippen molar-refractivity contribution < 1.29 is 5.11 Å². The Bertz CT molecular complexity index is 485. The fourth-order valence-corrected chi connectivity index (χ4v) is 3.22. The first kappa shape index (κ1) is 19.2.